The number of guanidine groups is 1. The van der Waals surface area contributed by atoms with Crippen molar-refractivity contribution >= 4 is 29.9 Å². The van der Waals surface area contributed by atoms with Crippen molar-refractivity contribution in [2.24, 2.45) is 4.99 Å². The number of aliphatic imine (C=N–C) groups is 1. The highest BCUT2D eigenvalue weighted by Crippen LogP contribution is 2.06. The molecule has 0 aliphatic rings. The first-order chi connectivity index (χ1) is 11.1. The molecule has 0 bridgehead atoms. The van der Waals surface area contributed by atoms with E-state index in [4.69, 9.17) is 4.99 Å². The van der Waals surface area contributed by atoms with Crippen LogP contribution in [0.4, 0.5) is 0 Å². The molecule has 0 fully saturated rings. The fraction of sp³-hybridized carbons (Fsp3) is 0.444. The summed E-state index contributed by atoms with van der Waals surface area (Å²) in [4.78, 5) is 6.86. The van der Waals surface area contributed by atoms with Gasteiger partial charge in [-0.2, -0.15) is 5.10 Å². The Morgan fingerprint density at radius 2 is 1.92 bits per heavy atom. The average Bonchev–Trinajstić information content (AvgIpc) is 2.94. The molecule has 2 rings (SSSR count). The van der Waals surface area contributed by atoms with Crippen LogP contribution in [-0.4, -0.2) is 40.8 Å². The van der Waals surface area contributed by atoms with Crippen molar-refractivity contribution in [2.45, 2.75) is 33.9 Å². The molecule has 0 unspecified atom stereocenters. The standard InChI is InChI=1S/C18H27N5.HI/c1-5-19-18(20-10-11-23-13-16(3)12-21-23)22(4)14-17-8-6-15(2)7-9-17;/h6-9,12-13H,5,10-11,14H2,1-4H3,(H,19,20);1H. The number of aryl methyl sites for hydroxylation is 2. The predicted molar refractivity (Wildman–Crippen MR) is 111 cm³/mol. The summed E-state index contributed by atoms with van der Waals surface area (Å²) in [6.07, 6.45) is 3.91. The van der Waals surface area contributed by atoms with E-state index in [2.05, 4.69) is 60.5 Å². The normalized spacial score (nSPS) is 11.1. The Morgan fingerprint density at radius 1 is 1.21 bits per heavy atom. The van der Waals surface area contributed by atoms with E-state index in [0.717, 1.165) is 25.6 Å². The quantitative estimate of drug-likeness (QED) is 0.426. The molecule has 6 heteroatoms. The minimum absolute atomic E-state index is 0. The van der Waals surface area contributed by atoms with E-state index in [0.29, 0.717) is 6.54 Å². The monoisotopic (exact) mass is 441 g/mol. The maximum Gasteiger partial charge on any atom is 0.194 e. The van der Waals surface area contributed by atoms with Gasteiger partial charge >= 0.3 is 0 Å². The number of nitrogens with one attached hydrogen (secondary N) is 1. The molecule has 1 N–H and O–H groups in total. The van der Waals surface area contributed by atoms with Crippen LogP contribution in [-0.2, 0) is 13.1 Å². The Bertz CT molecular complexity index is 633. The van der Waals surface area contributed by atoms with Crippen molar-refractivity contribution in [1.29, 1.82) is 0 Å². The summed E-state index contributed by atoms with van der Waals surface area (Å²) in [5.74, 6) is 0.928. The highest BCUT2D eigenvalue weighted by Gasteiger charge is 2.06. The summed E-state index contributed by atoms with van der Waals surface area (Å²) in [6, 6.07) is 8.63. The molecule has 0 atom stereocenters. The lowest BCUT2D eigenvalue weighted by molar-refractivity contribution is 0.474. The molecule has 0 amide bonds. The second kappa shape index (κ2) is 10.3. The zero-order valence-electron chi connectivity index (χ0n) is 15.0. The lowest BCUT2D eigenvalue weighted by Crippen LogP contribution is -2.38. The number of benzene rings is 1. The number of rotatable bonds is 6. The Balaban J connectivity index is 0.00000288. The van der Waals surface area contributed by atoms with E-state index < -0.39 is 0 Å². The molecule has 2 aromatic rings. The van der Waals surface area contributed by atoms with Crippen LogP contribution >= 0.6 is 24.0 Å². The van der Waals surface area contributed by atoms with Crippen LogP contribution < -0.4 is 5.32 Å². The average molecular weight is 441 g/mol. The molecular weight excluding hydrogens is 413 g/mol. The van der Waals surface area contributed by atoms with Gasteiger partial charge < -0.3 is 10.2 Å². The summed E-state index contributed by atoms with van der Waals surface area (Å²) in [5.41, 5.74) is 3.75. The van der Waals surface area contributed by atoms with Gasteiger partial charge in [-0.05, 0) is 31.9 Å². The van der Waals surface area contributed by atoms with Crippen LogP contribution in [0.2, 0.25) is 0 Å². The van der Waals surface area contributed by atoms with E-state index in [1.807, 2.05) is 24.0 Å². The number of hydrogen-bond donors (Lipinski definition) is 1. The van der Waals surface area contributed by atoms with Gasteiger partial charge in [0.15, 0.2) is 5.96 Å². The summed E-state index contributed by atoms with van der Waals surface area (Å²) in [5, 5.41) is 7.64. The molecule has 5 nitrogen and oxygen atoms in total. The molecule has 1 aromatic heterocycles. The Hall–Kier alpha value is -1.57. The maximum atomic E-state index is 4.70. The Kier molecular flexibility index (Phi) is 8.81. The number of nitrogens with zero attached hydrogens (tertiary/aromatic N) is 4. The molecule has 132 valence electrons. The summed E-state index contributed by atoms with van der Waals surface area (Å²) >= 11 is 0. The van der Waals surface area contributed by atoms with E-state index in [1.165, 1.54) is 16.7 Å². The third-order valence-electron chi connectivity index (χ3n) is 3.59. The van der Waals surface area contributed by atoms with Crippen molar-refractivity contribution in [2.75, 3.05) is 20.1 Å². The first kappa shape index (κ1) is 20.5. The van der Waals surface area contributed by atoms with Crippen molar-refractivity contribution in [3.8, 4) is 0 Å². The maximum absolute atomic E-state index is 4.70. The van der Waals surface area contributed by atoms with Gasteiger partial charge in [-0.15, -0.1) is 24.0 Å². The molecule has 0 aliphatic heterocycles. The summed E-state index contributed by atoms with van der Waals surface area (Å²) < 4.78 is 1.93. The smallest absolute Gasteiger partial charge is 0.194 e. The number of hydrogen-bond acceptors (Lipinski definition) is 2. The van der Waals surface area contributed by atoms with E-state index in [-0.39, 0.29) is 24.0 Å². The van der Waals surface area contributed by atoms with Gasteiger partial charge in [0, 0.05) is 26.3 Å². The Labute approximate surface area is 162 Å². The van der Waals surface area contributed by atoms with Crippen molar-refractivity contribution in [3.05, 3.63) is 53.3 Å². The number of aromatic nitrogens is 2. The van der Waals surface area contributed by atoms with Crippen molar-refractivity contribution < 1.29 is 0 Å². The SMILES string of the molecule is CCNC(=NCCn1cc(C)cn1)N(C)Cc1ccc(C)cc1.I. The van der Waals surface area contributed by atoms with E-state index in [9.17, 15) is 0 Å². The molecule has 1 heterocycles. The zero-order chi connectivity index (χ0) is 16.7. The van der Waals surface area contributed by atoms with Gasteiger partial charge in [0.25, 0.3) is 0 Å². The summed E-state index contributed by atoms with van der Waals surface area (Å²) in [6.45, 7) is 9.45. The highest BCUT2D eigenvalue weighted by molar-refractivity contribution is 14.0. The fourth-order valence-corrected chi connectivity index (χ4v) is 2.36. The van der Waals surface area contributed by atoms with Crippen molar-refractivity contribution in [1.82, 2.24) is 20.0 Å². The van der Waals surface area contributed by atoms with Crippen LogP contribution in [0.15, 0.2) is 41.7 Å². The van der Waals surface area contributed by atoms with Gasteiger partial charge in [-0.25, -0.2) is 0 Å². The van der Waals surface area contributed by atoms with Crippen molar-refractivity contribution in [3.63, 3.8) is 0 Å². The van der Waals surface area contributed by atoms with Crippen LogP contribution in [0, 0.1) is 13.8 Å². The molecule has 0 spiro atoms. The van der Waals surface area contributed by atoms with Gasteiger partial charge in [0.2, 0.25) is 0 Å². The molecular formula is C18H28IN5. The lowest BCUT2D eigenvalue weighted by Gasteiger charge is -2.22. The van der Waals surface area contributed by atoms with Gasteiger partial charge in [0.05, 0.1) is 19.3 Å². The molecule has 24 heavy (non-hydrogen) atoms. The van der Waals surface area contributed by atoms with Crippen LogP contribution in [0.25, 0.3) is 0 Å². The van der Waals surface area contributed by atoms with E-state index >= 15 is 0 Å². The second-order valence-corrected chi connectivity index (χ2v) is 5.86. The molecule has 1 aromatic carbocycles. The highest BCUT2D eigenvalue weighted by atomic mass is 127. The van der Waals surface area contributed by atoms with Gasteiger partial charge in [-0.1, -0.05) is 29.8 Å². The second-order valence-electron chi connectivity index (χ2n) is 5.86. The fourth-order valence-electron chi connectivity index (χ4n) is 2.36. The first-order valence-corrected chi connectivity index (χ1v) is 8.12. The van der Waals surface area contributed by atoms with Crippen LogP contribution in [0.5, 0.6) is 0 Å². The first-order valence-electron chi connectivity index (χ1n) is 8.12. The molecule has 0 radical (unpaired) electrons. The topological polar surface area (TPSA) is 45.5 Å². The van der Waals surface area contributed by atoms with Crippen LogP contribution in [0.1, 0.15) is 23.6 Å². The van der Waals surface area contributed by atoms with Gasteiger partial charge in [0.1, 0.15) is 0 Å². The lowest BCUT2D eigenvalue weighted by atomic mass is 10.1. The predicted octanol–water partition coefficient (Wildman–Crippen LogP) is 3.22. The number of halogens is 1. The third-order valence-corrected chi connectivity index (χ3v) is 3.59. The third kappa shape index (κ3) is 6.51. The minimum atomic E-state index is 0. The molecule has 0 saturated heterocycles. The van der Waals surface area contributed by atoms with E-state index in [1.54, 1.807) is 0 Å². The zero-order valence-corrected chi connectivity index (χ0v) is 17.3. The largest absolute Gasteiger partial charge is 0.357 e. The Morgan fingerprint density at radius 3 is 2.50 bits per heavy atom. The summed E-state index contributed by atoms with van der Waals surface area (Å²) in [7, 11) is 2.07. The van der Waals surface area contributed by atoms with Gasteiger partial charge in [-0.3, -0.25) is 9.67 Å². The minimum Gasteiger partial charge on any atom is -0.357 e. The van der Waals surface area contributed by atoms with Crippen LogP contribution in [0.3, 0.4) is 0 Å². The molecule has 0 aliphatic carbocycles. The molecule has 0 saturated carbocycles.